The number of hydrogen-bond acceptors (Lipinski definition) is 2. The topological polar surface area (TPSA) is 74.6 Å². The normalized spacial score (nSPS) is 9.48. The Hall–Kier alpha value is -0.541. The van der Waals surface area contributed by atoms with Crippen LogP contribution in [0.25, 0.3) is 0 Å². The van der Waals surface area contributed by atoms with Crippen molar-refractivity contribution in [3.8, 4) is 0 Å². The van der Waals surface area contributed by atoms with Crippen LogP contribution in [0.1, 0.15) is 104 Å². The van der Waals surface area contributed by atoms with E-state index in [9.17, 15) is 9.59 Å². The molecule has 0 saturated carbocycles. The van der Waals surface area contributed by atoms with Crippen molar-refractivity contribution >= 4 is 11.9 Å². The van der Waals surface area contributed by atoms with E-state index in [0.717, 1.165) is 25.7 Å². The molecule has 0 fully saturated rings. The molecule has 23 heavy (non-hydrogen) atoms. The second kappa shape index (κ2) is 23.7. The molecule has 0 aromatic heterocycles. The summed E-state index contributed by atoms with van der Waals surface area (Å²) in [6, 6.07) is 0. The summed E-state index contributed by atoms with van der Waals surface area (Å²) in [5.41, 5.74) is 0. The Bertz CT molecular complexity index is 231. The first-order chi connectivity index (χ1) is 10.5. The number of carboxylic acids is 2. The summed E-state index contributed by atoms with van der Waals surface area (Å²) in [7, 11) is 0. The van der Waals surface area contributed by atoms with Crippen LogP contribution in [0.2, 0.25) is 0 Å². The van der Waals surface area contributed by atoms with Gasteiger partial charge in [0.15, 0.2) is 0 Å². The SMILES string of the molecule is CCCCCCCCC(=O)O.CCCCCCCCC(=O)O.[Cu]. The summed E-state index contributed by atoms with van der Waals surface area (Å²) >= 11 is 0. The van der Waals surface area contributed by atoms with E-state index in [2.05, 4.69) is 13.8 Å². The van der Waals surface area contributed by atoms with Crippen LogP contribution < -0.4 is 0 Å². The fraction of sp³-hybridized carbons (Fsp3) is 0.889. The van der Waals surface area contributed by atoms with Crippen molar-refractivity contribution < 1.29 is 36.9 Å². The summed E-state index contributed by atoms with van der Waals surface area (Å²) in [4.78, 5) is 20.2. The number of rotatable bonds is 14. The van der Waals surface area contributed by atoms with Crippen LogP contribution in [0, 0.1) is 0 Å². The van der Waals surface area contributed by atoms with Crippen LogP contribution in [0.5, 0.6) is 0 Å². The second-order valence-corrected chi connectivity index (χ2v) is 5.82. The molecule has 0 aliphatic heterocycles. The van der Waals surface area contributed by atoms with Crippen LogP contribution in [0.4, 0.5) is 0 Å². The van der Waals surface area contributed by atoms with Crippen LogP contribution in [-0.4, -0.2) is 22.2 Å². The zero-order valence-electron chi connectivity index (χ0n) is 14.9. The molecule has 0 saturated heterocycles. The number of unbranched alkanes of at least 4 members (excludes halogenated alkanes) is 10. The average Bonchev–Trinajstić information content (AvgIpc) is 2.46. The van der Waals surface area contributed by atoms with Gasteiger partial charge >= 0.3 is 11.9 Å². The van der Waals surface area contributed by atoms with Crippen molar-refractivity contribution in [2.45, 2.75) is 104 Å². The van der Waals surface area contributed by atoms with E-state index in [1.165, 1.54) is 51.4 Å². The molecular weight excluding hydrogens is 344 g/mol. The minimum absolute atomic E-state index is 0. The van der Waals surface area contributed by atoms with Crippen molar-refractivity contribution in [2.24, 2.45) is 0 Å². The van der Waals surface area contributed by atoms with Gasteiger partial charge in [-0.3, -0.25) is 9.59 Å². The van der Waals surface area contributed by atoms with E-state index >= 15 is 0 Å². The molecule has 0 spiro atoms. The van der Waals surface area contributed by atoms with Gasteiger partial charge in [0, 0.05) is 29.9 Å². The Balaban J connectivity index is -0.000000333. The Labute approximate surface area is 152 Å². The molecule has 0 atom stereocenters. The first kappa shape index (κ1) is 27.3. The molecule has 0 aliphatic rings. The monoisotopic (exact) mass is 379 g/mol. The standard InChI is InChI=1S/2C9H18O2.Cu/c2*1-2-3-4-5-6-7-8-9(10)11;/h2*2-8H2,1H3,(H,10,11);. The molecule has 0 rings (SSSR count). The van der Waals surface area contributed by atoms with Gasteiger partial charge in [-0.25, -0.2) is 0 Å². The third-order valence-electron chi connectivity index (χ3n) is 3.49. The molecule has 1 radical (unpaired) electrons. The summed E-state index contributed by atoms with van der Waals surface area (Å²) in [5, 5.41) is 16.6. The number of hydrogen-bond donors (Lipinski definition) is 2. The van der Waals surface area contributed by atoms with Crippen molar-refractivity contribution in [1.82, 2.24) is 0 Å². The van der Waals surface area contributed by atoms with Crippen LogP contribution in [-0.2, 0) is 26.7 Å². The summed E-state index contributed by atoms with van der Waals surface area (Å²) < 4.78 is 0. The van der Waals surface area contributed by atoms with Gasteiger partial charge in [0.25, 0.3) is 0 Å². The molecule has 0 aromatic rings. The Morgan fingerprint density at radius 1 is 0.565 bits per heavy atom. The second-order valence-electron chi connectivity index (χ2n) is 5.82. The summed E-state index contributed by atoms with van der Waals surface area (Å²) in [5.74, 6) is -1.33. The predicted octanol–water partition coefficient (Wildman–Crippen LogP) is 5.64. The first-order valence-electron chi connectivity index (χ1n) is 8.98. The Morgan fingerprint density at radius 3 is 1.09 bits per heavy atom. The van der Waals surface area contributed by atoms with Gasteiger partial charge in [-0.05, 0) is 12.8 Å². The quantitative estimate of drug-likeness (QED) is 0.302. The van der Waals surface area contributed by atoms with Gasteiger partial charge in [0.2, 0.25) is 0 Å². The fourth-order valence-electron chi connectivity index (χ4n) is 2.11. The summed E-state index contributed by atoms with van der Waals surface area (Å²) in [6.45, 7) is 4.36. The predicted molar refractivity (Wildman–Crippen MR) is 91.3 cm³/mol. The minimum Gasteiger partial charge on any atom is -0.481 e. The van der Waals surface area contributed by atoms with Gasteiger partial charge < -0.3 is 10.2 Å². The molecule has 0 aliphatic carbocycles. The smallest absolute Gasteiger partial charge is 0.303 e. The zero-order chi connectivity index (χ0) is 17.1. The number of carboxylic acid groups (broad SMARTS) is 2. The fourth-order valence-corrected chi connectivity index (χ4v) is 2.11. The van der Waals surface area contributed by atoms with E-state index in [0.29, 0.717) is 12.8 Å². The van der Waals surface area contributed by atoms with E-state index < -0.39 is 11.9 Å². The van der Waals surface area contributed by atoms with Gasteiger partial charge in [0.05, 0.1) is 0 Å². The van der Waals surface area contributed by atoms with E-state index in [1.807, 2.05) is 0 Å². The molecule has 143 valence electrons. The van der Waals surface area contributed by atoms with Gasteiger partial charge in [0.1, 0.15) is 0 Å². The van der Waals surface area contributed by atoms with Crippen molar-refractivity contribution in [1.29, 1.82) is 0 Å². The minimum atomic E-state index is -0.666. The van der Waals surface area contributed by atoms with Crippen molar-refractivity contribution in [3.63, 3.8) is 0 Å². The molecule has 4 nitrogen and oxygen atoms in total. The van der Waals surface area contributed by atoms with E-state index in [4.69, 9.17) is 10.2 Å². The Morgan fingerprint density at radius 2 is 0.826 bits per heavy atom. The maximum atomic E-state index is 10.1. The first-order valence-corrected chi connectivity index (χ1v) is 8.98. The van der Waals surface area contributed by atoms with Gasteiger partial charge in [-0.1, -0.05) is 78.1 Å². The average molecular weight is 380 g/mol. The molecule has 2 N–H and O–H groups in total. The largest absolute Gasteiger partial charge is 0.481 e. The van der Waals surface area contributed by atoms with Gasteiger partial charge in [-0.2, -0.15) is 0 Å². The zero-order valence-corrected chi connectivity index (χ0v) is 15.9. The molecular formula is C18H36CuO4. The Kier molecular flexibility index (Phi) is 28.2. The van der Waals surface area contributed by atoms with Crippen molar-refractivity contribution in [3.05, 3.63) is 0 Å². The molecule has 0 amide bonds. The molecule has 0 bridgehead atoms. The van der Waals surface area contributed by atoms with Gasteiger partial charge in [-0.15, -0.1) is 0 Å². The van der Waals surface area contributed by atoms with E-state index in [-0.39, 0.29) is 17.1 Å². The maximum Gasteiger partial charge on any atom is 0.303 e. The van der Waals surface area contributed by atoms with Crippen LogP contribution >= 0.6 is 0 Å². The third-order valence-corrected chi connectivity index (χ3v) is 3.49. The number of carbonyl (C=O) groups is 2. The van der Waals surface area contributed by atoms with Crippen LogP contribution in [0.15, 0.2) is 0 Å². The third kappa shape index (κ3) is 34.0. The van der Waals surface area contributed by atoms with E-state index in [1.54, 1.807) is 0 Å². The molecule has 0 unspecified atom stereocenters. The molecule has 0 heterocycles. The summed E-state index contributed by atoms with van der Waals surface area (Å²) in [6.07, 6.45) is 14.5. The van der Waals surface area contributed by atoms with Crippen LogP contribution in [0.3, 0.4) is 0 Å². The maximum absolute atomic E-state index is 10.1. The molecule has 0 aromatic carbocycles. The van der Waals surface area contributed by atoms with Crippen molar-refractivity contribution in [2.75, 3.05) is 0 Å². The molecule has 5 heteroatoms. The number of aliphatic carboxylic acids is 2.